The quantitative estimate of drug-likeness (QED) is 0.711. The van der Waals surface area contributed by atoms with E-state index in [-0.39, 0.29) is 35.2 Å². The Balaban J connectivity index is 2.93. The van der Waals surface area contributed by atoms with Gasteiger partial charge < -0.3 is 15.0 Å². The molecule has 144 valence electrons. The van der Waals surface area contributed by atoms with E-state index in [4.69, 9.17) is 4.74 Å². The zero-order valence-electron chi connectivity index (χ0n) is 16.8. The van der Waals surface area contributed by atoms with Gasteiger partial charge in [-0.3, -0.25) is 14.9 Å². The van der Waals surface area contributed by atoms with Crippen molar-refractivity contribution in [3.63, 3.8) is 0 Å². The molecule has 0 saturated carbocycles. The molecule has 0 unspecified atom stereocenters. The van der Waals surface area contributed by atoms with Crippen molar-refractivity contribution in [3.8, 4) is 0 Å². The Hall–Kier alpha value is -1.40. The first-order chi connectivity index (χ1) is 11.6. The molecule has 2 amide bonds. The van der Waals surface area contributed by atoms with E-state index < -0.39 is 0 Å². The van der Waals surface area contributed by atoms with Crippen LogP contribution in [0.2, 0.25) is 0 Å². The molecule has 0 aromatic carbocycles. The second-order valence-corrected chi connectivity index (χ2v) is 8.10. The van der Waals surface area contributed by atoms with Crippen LogP contribution in [0.4, 0.5) is 0 Å². The molecule has 0 radical (unpaired) electrons. The van der Waals surface area contributed by atoms with E-state index in [2.05, 4.69) is 24.5 Å². The number of hydrogen-bond acceptors (Lipinski definition) is 4. The maximum Gasteiger partial charge on any atom is 0.249 e. The first kappa shape index (κ1) is 21.6. The Bertz CT molecular complexity index is 489. The molecule has 0 aliphatic carbocycles. The first-order valence-electron chi connectivity index (χ1n) is 9.11. The smallest absolute Gasteiger partial charge is 0.249 e. The van der Waals surface area contributed by atoms with Crippen LogP contribution in [0, 0.1) is 11.3 Å². The summed E-state index contributed by atoms with van der Waals surface area (Å²) in [6, 6.07) is -0.404. The van der Waals surface area contributed by atoms with Gasteiger partial charge in [0.25, 0.3) is 0 Å². The van der Waals surface area contributed by atoms with Crippen LogP contribution in [0.3, 0.4) is 0 Å². The molecule has 6 heteroatoms. The summed E-state index contributed by atoms with van der Waals surface area (Å²) in [5.74, 6) is 0.258. The van der Waals surface area contributed by atoms with Crippen LogP contribution >= 0.6 is 0 Å². The Kier molecular flexibility index (Phi) is 8.09. The third-order valence-electron chi connectivity index (χ3n) is 4.52. The van der Waals surface area contributed by atoms with Crippen LogP contribution in [-0.4, -0.2) is 62.1 Å². The molecule has 1 heterocycles. The lowest BCUT2D eigenvalue weighted by Gasteiger charge is -2.34. The van der Waals surface area contributed by atoms with Crippen molar-refractivity contribution in [3.05, 3.63) is 11.6 Å². The monoisotopic (exact) mass is 353 g/mol. The normalized spacial score (nSPS) is 18.9. The molecule has 1 saturated heterocycles. The van der Waals surface area contributed by atoms with Gasteiger partial charge in [0, 0.05) is 31.8 Å². The molecule has 1 fully saturated rings. The van der Waals surface area contributed by atoms with Gasteiger partial charge in [0.1, 0.15) is 0 Å². The molecule has 6 nitrogen and oxygen atoms in total. The number of morpholine rings is 1. The van der Waals surface area contributed by atoms with E-state index in [0.717, 1.165) is 0 Å². The Morgan fingerprint density at radius 1 is 1.16 bits per heavy atom. The van der Waals surface area contributed by atoms with Crippen molar-refractivity contribution in [2.45, 2.75) is 53.6 Å². The zero-order chi connectivity index (χ0) is 19.2. The highest BCUT2D eigenvalue weighted by Gasteiger charge is 2.33. The van der Waals surface area contributed by atoms with E-state index in [1.54, 1.807) is 7.05 Å². The number of carbonyl (C=O) groups excluding carboxylic acids is 2. The number of amides is 2. The van der Waals surface area contributed by atoms with Crippen LogP contribution in [0.1, 0.15) is 41.5 Å². The average molecular weight is 354 g/mol. The highest BCUT2D eigenvalue weighted by atomic mass is 16.5. The maximum atomic E-state index is 12.6. The first-order valence-corrected chi connectivity index (χ1v) is 9.11. The fourth-order valence-corrected chi connectivity index (χ4v) is 2.85. The SMILES string of the molecule is CNC(=O)[C@@H](N[C@H](/C=C(\C)C(=O)N1CCOCC1)C(C)C)C(C)(C)C. The lowest BCUT2D eigenvalue weighted by atomic mass is 9.84. The fraction of sp³-hybridized carbons (Fsp3) is 0.789. The van der Waals surface area contributed by atoms with Gasteiger partial charge in [0.2, 0.25) is 11.8 Å². The number of rotatable bonds is 6. The van der Waals surface area contributed by atoms with Crippen LogP contribution in [0.25, 0.3) is 0 Å². The Labute approximate surface area is 152 Å². The summed E-state index contributed by atoms with van der Waals surface area (Å²) in [6.45, 7) is 14.6. The van der Waals surface area contributed by atoms with Gasteiger partial charge in [-0.1, -0.05) is 40.7 Å². The molecule has 1 rings (SSSR count). The third kappa shape index (κ3) is 6.44. The number of ether oxygens (including phenoxy) is 1. The van der Waals surface area contributed by atoms with E-state index in [1.165, 1.54) is 0 Å². The second kappa shape index (κ2) is 9.34. The van der Waals surface area contributed by atoms with Crippen LogP contribution in [0.5, 0.6) is 0 Å². The standard InChI is InChI=1S/C19H35N3O3/c1-13(2)15(21-16(17(23)20-7)19(4,5)6)12-14(3)18(24)22-8-10-25-11-9-22/h12-13,15-16,21H,8-11H2,1-7H3,(H,20,23)/b14-12+/t15-,16-/m1/s1. The summed E-state index contributed by atoms with van der Waals surface area (Å²) >= 11 is 0. The highest BCUT2D eigenvalue weighted by Crippen LogP contribution is 2.22. The Morgan fingerprint density at radius 2 is 1.72 bits per heavy atom. The minimum atomic E-state index is -0.340. The van der Waals surface area contributed by atoms with Gasteiger partial charge in [-0.25, -0.2) is 0 Å². The highest BCUT2D eigenvalue weighted by molar-refractivity contribution is 5.93. The zero-order valence-corrected chi connectivity index (χ0v) is 16.8. The molecule has 0 bridgehead atoms. The predicted octanol–water partition coefficient (Wildman–Crippen LogP) is 1.57. The molecule has 2 N–H and O–H groups in total. The molecule has 0 aromatic rings. The summed E-state index contributed by atoms with van der Waals surface area (Å²) in [7, 11) is 1.65. The van der Waals surface area contributed by atoms with E-state index in [9.17, 15) is 9.59 Å². The molecular formula is C19H35N3O3. The van der Waals surface area contributed by atoms with E-state index >= 15 is 0 Å². The van der Waals surface area contributed by atoms with Crippen molar-refractivity contribution in [2.75, 3.05) is 33.4 Å². The van der Waals surface area contributed by atoms with Crippen molar-refractivity contribution in [1.29, 1.82) is 0 Å². The number of carbonyl (C=O) groups is 2. The maximum absolute atomic E-state index is 12.6. The lowest BCUT2D eigenvalue weighted by molar-refractivity contribution is -0.131. The lowest BCUT2D eigenvalue weighted by Crippen LogP contribution is -2.55. The van der Waals surface area contributed by atoms with Gasteiger partial charge in [0.15, 0.2) is 0 Å². The number of likely N-dealkylation sites (N-methyl/N-ethyl adjacent to an activating group) is 1. The number of hydrogen-bond donors (Lipinski definition) is 2. The summed E-state index contributed by atoms with van der Waals surface area (Å²) in [5, 5.41) is 6.18. The summed E-state index contributed by atoms with van der Waals surface area (Å²) in [4.78, 5) is 26.8. The predicted molar refractivity (Wildman–Crippen MR) is 100 cm³/mol. The third-order valence-corrected chi connectivity index (χ3v) is 4.52. The van der Waals surface area contributed by atoms with Gasteiger partial charge in [-0.15, -0.1) is 0 Å². The van der Waals surface area contributed by atoms with Crippen molar-refractivity contribution >= 4 is 11.8 Å². The molecule has 1 aliphatic heterocycles. The van der Waals surface area contributed by atoms with Crippen molar-refractivity contribution in [1.82, 2.24) is 15.5 Å². The number of nitrogens with one attached hydrogen (secondary N) is 2. The van der Waals surface area contributed by atoms with Crippen molar-refractivity contribution < 1.29 is 14.3 Å². The summed E-state index contributed by atoms with van der Waals surface area (Å²) in [5.41, 5.74) is 0.473. The molecule has 0 spiro atoms. The van der Waals surface area contributed by atoms with Gasteiger partial charge >= 0.3 is 0 Å². The van der Waals surface area contributed by atoms with Crippen LogP contribution in [-0.2, 0) is 14.3 Å². The minimum Gasteiger partial charge on any atom is -0.378 e. The molecule has 2 atom stereocenters. The number of nitrogens with zero attached hydrogens (tertiary/aromatic N) is 1. The van der Waals surface area contributed by atoms with Gasteiger partial charge in [-0.2, -0.15) is 0 Å². The average Bonchev–Trinajstić information content (AvgIpc) is 2.56. The van der Waals surface area contributed by atoms with Gasteiger partial charge in [0.05, 0.1) is 19.3 Å². The summed E-state index contributed by atoms with van der Waals surface area (Å²) < 4.78 is 5.31. The summed E-state index contributed by atoms with van der Waals surface area (Å²) in [6.07, 6.45) is 1.96. The minimum absolute atomic E-state index is 0.0382. The molecular weight excluding hydrogens is 318 g/mol. The topological polar surface area (TPSA) is 70.7 Å². The molecule has 0 aromatic heterocycles. The van der Waals surface area contributed by atoms with Gasteiger partial charge in [-0.05, 0) is 18.3 Å². The molecule has 25 heavy (non-hydrogen) atoms. The Morgan fingerprint density at radius 3 is 2.16 bits per heavy atom. The second-order valence-electron chi connectivity index (χ2n) is 8.10. The molecule has 1 aliphatic rings. The fourth-order valence-electron chi connectivity index (χ4n) is 2.85. The van der Waals surface area contributed by atoms with Crippen LogP contribution in [0.15, 0.2) is 11.6 Å². The largest absolute Gasteiger partial charge is 0.378 e. The van der Waals surface area contributed by atoms with Crippen LogP contribution < -0.4 is 10.6 Å². The van der Waals surface area contributed by atoms with Crippen molar-refractivity contribution in [2.24, 2.45) is 11.3 Å². The van der Waals surface area contributed by atoms with E-state index in [0.29, 0.717) is 31.9 Å². The van der Waals surface area contributed by atoms with E-state index in [1.807, 2.05) is 38.7 Å².